The van der Waals surface area contributed by atoms with Gasteiger partial charge in [-0.2, -0.15) is 0 Å². The highest BCUT2D eigenvalue weighted by molar-refractivity contribution is 9.10. The van der Waals surface area contributed by atoms with Gasteiger partial charge in [0.15, 0.2) is 0 Å². The molecule has 0 N–H and O–H groups in total. The van der Waals surface area contributed by atoms with Gasteiger partial charge in [0.1, 0.15) is 5.75 Å². The molecule has 0 fully saturated rings. The van der Waals surface area contributed by atoms with Crippen LogP contribution in [-0.2, 0) is 10.8 Å². The van der Waals surface area contributed by atoms with Gasteiger partial charge in [-0.3, -0.25) is 0 Å². The second-order valence-corrected chi connectivity index (χ2v) is 7.36. The van der Waals surface area contributed by atoms with Gasteiger partial charge in [0, 0.05) is 10.0 Å². The number of rotatable bonds is 1. The van der Waals surface area contributed by atoms with E-state index < -0.39 is 0 Å². The van der Waals surface area contributed by atoms with Crippen molar-refractivity contribution in [1.29, 1.82) is 0 Å². The van der Waals surface area contributed by atoms with Crippen LogP contribution < -0.4 is 4.74 Å². The second kappa shape index (κ2) is 4.64. The van der Waals surface area contributed by atoms with Crippen LogP contribution in [0.1, 0.15) is 52.7 Å². The molecule has 2 heteroatoms. The maximum Gasteiger partial charge on any atom is 0.127 e. The largest absolute Gasteiger partial charge is 0.496 e. The molecule has 1 nitrogen and oxygen atoms in total. The molecule has 0 saturated carbocycles. The number of methoxy groups -OCH3 is 1. The summed E-state index contributed by atoms with van der Waals surface area (Å²) in [6.45, 7) is 13.3. The van der Waals surface area contributed by atoms with Crippen LogP contribution in [-0.4, -0.2) is 7.11 Å². The maximum atomic E-state index is 5.68. The predicted octanol–water partition coefficient (Wildman–Crippen LogP) is 5.05. The summed E-state index contributed by atoms with van der Waals surface area (Å²) in [5.41, 5.74) is 2.65. The lowest BCUT2D eigenvalue weighted by atomic mass is 9.79. The van der Waals surface area contributed by atoms with Gasteiger partial charge in [-0.05, 0) is 22.5 Å². The minimum atomic E-state index is 0.0609. The molecule has 0 amide bonds. The third-order valence-corrected chi connectivity index (χ3v) is 3.53. The summed E-state index contributed by atoms with van der Waals surface area (Å²) in [4.78, 5) is 0. The van der Waals surface area contributed by atoms with E-state index in [-0.39, 0.29) is 10.8 Å². The number of ether oxygens (including phenoxy) is 1. The van der Waals surface area contributed by atoms with Crippen molar-refractivity contribution in [2.75, 3.05) is 7.11 Å². The SMILES string of the molecule is COc1c(C(C)(C)C)ccc(Br)c1C(C)(C)C. The Bertz CT molecular complexity index is 408. The Balaban J connectivity index is 3.60. The van der Waals surface area contributed by atoms with Crippen LogP contribution in [0.2, 0.25) is 0 Å². The highest BCUT2D eigenvalue weighted by Crippen LogP contribution is 2.43. The van der Waals surface area contributed by atoms with Crippen molar-refractivity contribution in [1.82, 2.24) is 0 Å². The van der Waals surface area contributed by atoms with E-state index in [9.17, 15) is 0 Å². The Morgan fingerprint density at radius 2 is 1.47 bits per heavy atom. The van der Waals surface area contributed by atoms with E-state index in [1.807, 2.05) is 0 Å². The van der Waals surface area contributed by atoms with Gasteiger partial charge in [-0.25, -0.2) is 0 Å². The summed E-state index contributed by atoms with van der Waals surface area (Å²) in [6, 6.07) is 4.28. The van der Waals surface area contributed by atoms with E-state index in [4.69, 9.17) is 4.74 Å². The standard InChI is InChI=1S/C15H23BrO/c1-14(2,3)10-8-9-11(16)12(13(10)17-7)15(4,5)6/h8-9H,1-7H3. The Kier molecular flexibility index (Phi) is 3.97. The van der Waals surface area contributed by atoms with Gasteiger partial charge in [-0.1, -0.05) is 63.5 Å². The lowest BCUT2D eigenvalue weighted by Crippen LogP contribution is -2.19. The fourth-order valence-corrected chi connectivity index (χ4v) is 2.97. The molecule has 1 aromatic carbocycles. The van der Waals surface area contributed by atoms with Crippen LogP contribution in [0.25, 0.3) is 0 Å². The molecule has 0 spiro atoms. The fourth-order valence-electron chi connectivity index (χ4n) is 2.06. The average Bonchev–Trinajstić information content (AvgIpc) is 2.12. The normalized spacial score (nSPS) is 12.7. The summed E-state index contributed by atoms with van der Waals surface area (Å²) < 4.78 is 6.80. The topological polar surface area (TPSA) is 9.23 Å². The minimum Gasteiger partial charge on any atom is -0.496 e. The molecule has 0 heterocycles. The minimum absolute atomic E-state index is 0.0609. The smallest absolute Gasteiger partial charge is 0.127 e. The first-order chi connectivity index (χ1) is 7.59. The molecule has 0 bridgehead atoms. The first-order valence-corrected chi connectivity index (χ1v) is 6.76. The number of halogens is 1. The van der Waals surface area contributed by atoms with E-state index in [0.29, 0.717) is 0 Å². The van der Waals surface area contributed by atoms with Gasteiger partial charge >= 0.3 is 0 Å². The lowest BCUT2D eigenvalue weighted by Gasteiger charge is -2.29. The monoisotopic (exact) mass is 298 g/mol. The van der Waals surface area contributed by atoms with E-state index >= 15 is 0 Å². The summed E-state index contributed by atoms with van der Waals surface area (Å²) in [5, 5.41) is 0. The van der Waals surface area contributed by atoms with Crippen molar-refractivity contribution < 1.29 is 4.74 Å². The van der Waals surface area contributed by atoms with Crippen LogP contribution in [0.4, 0.5) is 0 Å². The Hall–Kier alpha value is -0.500. The average molecular weight is 299 g/mol. The van der Waals surface area contributed by atoms with Crippen molar-refractivity contribution in [3.8, 4) is 5.75 Å². The molecule has 96 valence electrons. The molecule has 0 atom stereocenters. The first kappa shape index (κ1) is 14.6. The molecule has 0 aromatic heterocycles. The quantitative estimate of drug-likeness (QED) is 0.705. The third-order valence-electron chi connectivity index (χ3n) is 2.87. The van der Waals surface area contributed by atoms with Gasteiger partial charge in [0.05, 0.1) is 7.11 Å². The zero-order valence-electron chi connectivity index (χ0n) is 11.9. The van der Waals surface area contributed by atoms with Gasteiger partial charge in [0.2, 0.25) is 0 Å². The fraction of sp³-hybridized carbons (Fsp3) is 0.600. The van der Waals surface area contributed by atoms with E-state index in [1.54, 1.807) is 7.11 Å². The van der Waals surface area contributed by atoms with Crippen LogP contribution in [0.5, 0.6) is 5.75 Å². The van der Waals surface area contributed by atoms with Crippen molar-refractivity contribution >= 4 is 15.9 Å². The molecule has 0 aliphatic heterocycles. The van der Waals surface area contributed by atoms with Crippen LogP contribution in [0.3, 0.4) is 0 Å². The van der Waals surface area contributed by atoms with Crippen molar-refractivity contribution in [3.05, 3.63) is 27.7 Å². The van der Waals surface area contributed by atoms with Crippen molar-refractivity contribution in [2.45, 2.75) is 52.4 Å². The van der Waals surface area contributed by atoms with E-state index in [2.05, 4.69) is 69.6 Å². The molecule has 0 radical (unpaired) electrons. The van der Waals surface area contributed by atoms with Crippen LogP contribution in [0.15, 0.2) is 16.6 Å². The summed E-state index contributed by atoms with van der Waals surface area (Å²) in [7, 11) is 1.76. The van der Waals surface area contributed by atoms with Gasteiger partial charge in [0.25, 0.3) is 0 Å². The number of hydrogen-bond acceptors (Lipinski definition) is 1. The number of hydrogen-bond donors (Lipinski definition) is 0. The van der Waals surface area contributed by atoms with Crippen LogP contribution >= 0.6 is 15.9 Å². The highest BCUT2D eigenvalue weighted by atomic mass is 79.9. The van der Waals surface area contributed by atoms with Crippen molar-refractivity contribution in [3.63, 3.8) is 0 Å². The van der Waals surface area contributed by atoms with Gasteiger partial charge in [-0.15, -0.1) is 0 Å². The maximum absolute atomic E-state index is 5.68. The highest BCUT2D eigenvalue weighted by Gasteiger charge is 2.28. The molecule has 17 heavy (non-hydrogen) atoms. The zero-order valence-corrected chi connectivity index (χ0v) is 13.5. The molecule has 0 aliphatic rings. The summed E-state index contributed by atoms with van der Waals surface area (Å²) in [6.07, 6.45) is 0. The van der Waals surface area contributed by atoms with Crippen molar-refractivity contribution in [2.24, 2.45) is 0 Å². The molecule has 1 aromatic rings. The number of benzene rings is 1. The first-order valence-electron chi connectivity index (χ1n) is 5.96. The Labute approximate surface area is 114 Å². The Morgan fingerprint density at radius 1 is 0.941 bits per heavy atom. The molecule has 0 unspecified atom stereocenters. The van der Waals surface area contributed by atoms with E-state index in [1.165, 1.54) is 11.1 Å². The van der Waals surface area contributed by atoms with Crippen LogP contribution in [0, 0.1) is 0 Å². The molecule has 0 saturated heterocycles. The molecule has 0 aliphatic carbocycles. The van der Waals surface area contributed by atoms with E-state index in [0.717, 1.165) is 10.2 Å². The summed E-state index contributed by atoms with van der Waals surface area (Å²) in [5.74, 6) is 1.01. The van der Waals surface area contributed by atoms with Gasteiger partial charge < -0.3 is 4.74 Å². The third kappa shape index (κ3) is 3.04. The zero-order chi connectivity index (χ0) is 13.4. The predicted molar refractivity (Wildman–Crippen MR) is 78.1 cm³/mol. The molecular weight excluding hydrogens is 276 g/mol. The lowest BCUT2D eigenvalue weighted by molar-refractivity contribution is 0.381. The summed E-state index contributed by atoms with van der Waals surface area (Å²) >= 11 is 3.64. The Morgan fingerprint density at radius 3 is 1.82 bits per heavy atom. The second-order valence-electron chi connectivity index (χ2n) is 6.50. The molecule has 1 rings (SSSR count). The molecular formula is C15H23BrO.